The Morgan fingerprint density at radius 3 is 2.44 bits per heavy atom. The van der Waals surface area contributed by atoms with Crippen LogP contribution in [0.5, 0.6) is 0 Å². The predicted molar refractivity (Wildman–Crippen MR) is 126 cm³/mol. The van der Waals surface area contributed by atoms with E-state index in [1.165, 1.54) is 17.8 Å². The van der Waals surface area contributed by atoms with E-state index in [0.717, 1.165) is 22.5 Å². The average molecular weight is 435 g/mol. The minimum absolute atomic E-state index is 0.158. The van der Waals surface area contributed by atoms with Gasteiger partial charge in [-0.15, -0.1) is 0 Å². The summed E-state index contributed by atoms with van der Waals surface area (Å²) in [5.74, 6) is 0.487. The Kier molecular flexibility index (Phi) is 6.58. The summed E-state index contributed by atoms with van der Waals surface area (Å²) in [4.78, 5) is 43.0. The van der Waals surface area contributed by atoms with Crippen LogP contribution >= 0.6 is 0 Å². The fourth-order valence-corrected chi connectivity index (χ4v) is 3.20. The Balaban J connectivity index is 1.92. The molecule has 0 atom stereocenters. The summed E-state index contributed by atoms with van der Waals surface area (Å²) in [5.41, 5.74) is 3.28. The highest BCUT2D eigenvalue weighted by atomic mass is 16.2. The zero-order chi connectivity index (χ0) is 23.4. The van der Waals surface area contributed by atoms with E-state index in [4.69, 9.17) is 0 Å². The number of aromatic nitrogens is 2. The third-order valence-corrected chi connectivity index (χ3v) is 5.02. The van der Waals surface area contributed by atoms with Crippen molar-refractivity contribution < 1.29 is 9.59 Å². The zero-order valence-corrected chi connectivity index (χ0v) is 18.7. The van der Waals surface area contributed by atoms with E-state index in [2.05, 4.69) is 20.9 Å². The molecule has 0 aliphatic rings. The van der Waals surface area contributed by atoms with Crippen molar-refractivity contribution in [2.24, 2.45) is 7.05 Å². The minimum atomic E-state index is -0.481. The number of carbonyl (C=O) groups is 2. The molecule has 3 rings (SSSR count). The summed E-state index contributed by atoms with van der Waals surface area (Å²) in [7, 11) is 6.85. The van der Waals surface area contributed by atoms with Crippen molar-refractivity contribution in [2.75, 3.05) is 36.7 Å². The number of carbonyl (C=O) groups excluding carboxylic acids is 2. The Morgan fingerprint density at radius 2 is 1.81 bits per heavy atom. The van der Waals surface area contributed by atoms with E-state index in [-0.39, 0.29) is 17.2 Å². The van der Waals surface area contributed by atoms with Crippen molar-refractivity contribution in [3.63, 3.8) is 0 Å². The van der Waals surface area contributed by atoms with Gasteiger partial charge in [0.05, 0.1) is 5.56 Å². The number of nitrogens with one attached hydrogen (secondary N) is 3. The standard InChI is InChI=1S/C23H26N6O3/c1-14-17(16-11-19(27-23(32)24-2)22(31)29(5)13-16)7-6-8-18(14)26-21(30)15-9-10-20(25-12-15)28(3)4/h6-13H,1-5H3,(H,26,30)(H2,24,27,32). The Labute approximate surface area is 186 Å². The molecular weight excluding hydrogens is 408 g/mol. The number of hydrogen-bond donors (Lipinski definition) is 3. The number of pyridine rings is 2. The maximum atomic E-state index is 12.7. The molecule has 32 heavy (non-hydrogen) atoms. The molecule has 0 aliphatic heterocycles. The van der Waals surface area contributed by atoms with Gasteiger partial charge in [-0.2, -0.15) is 0 Å². The first-order chi connectivity index (χ1) is 15.2. The van der Waals surface area contributed by atoms with Crippen molar-refractivity contribution in [1.29, 1.82) is 0 Å². The lowest BCUT2D eigenvalue weighted by molar-refractivity contribution is 0.102. The van der Waals surface area contributed by atoms with Crippen LogP contribution in [0.25, 0.3) is 11.1 Å². The molecule has 3 N–H and O–H groups in total. The third-order valence-electron chi connectivity index (χ3n) is 5.02. The van der Waals surface area contributed by atoms with Gasteiger partial charge < -0.3 is 25.4 Å². The number of urea groups is 1. The van der Waals surface area contributed by atoms with Crippen molar-refractivity contribution in [3.8, 4) is 11.1 Å². The lowest BCUT2D eigenvalue weighted by Crippen LogP contribution is -2.29. The predicted octanol–water partition coefficient (Wildman–Crippen LogP) is 2.83. The highest BCUT2D eigenvalue weighted by Crippen LogP contribution is 2.29. The second kappa shape index (κ2) is 9.34. The highest BCUT2D eigenvalue weighted by Gasteiger charge is 2.14. The average Bonchev–Trinajstić information content (AvgIpc) is 2.78. The van der Waals surface area contributed by atoms with Gasteiger partial charge in [0.1, 0.15) is 11.5 Å². The molecule has 0 saturated heterocycles. The van der Waals surface area contributed by atoms with Crippen LogP contribution in [0.1, 0.15) is 15.9 Å². The third kappa shape index (κ3) is 4.77. The lowest BCUT2D eigenvalue weighted by Gasteiger charge is -2.15. The van der Waals surface area contributed by atoms with Gasteiger partial charge in [0.2, 0.25) is 0 Å². The van der Waals surface area contributed by atoms with E-state index >= 15 is 0 Å². The van der Waals surface area contributed by atoms with E-state index in [0.29, 0.717) is 11.3 Å². The van der Waals surface area contributed by atoms with Gasteiger partial charge in [-0.3, -0.25) is 9.59 Å². The molecule has 2 heterocycles. The number of aryl methyl sites for hydroxylation is 1. The quantitative estimate of drug-likeness (QED) is 0.572. The zero-order valence-electron chi connectivity index (χ0n) is 18.7. The first-order valence-corrected chi connectivity index (χ1v) is 9.95. The normalized spacial score (nSPS) is 10.4. The summed E-state index contributed by atoms with van der Waals surface area (Å²) < 4.78 is 1.41. The largest absolute Gasteiger partial charge is 0.363 e. The summed E-state index contributed by atoms with van der Waals surface area (Å²) in [5, 5.41) is 7.91. The Hall–Kier alpha value is -4.14. The number of anilines is 3. The molecule has 0 spiro atoms. The Morgan fingerprint density at radius 1 is 1.06 bits per heavy atom. The number of amides is 3. The first kappa shape index (κ1) is 22.5. The molecule has 3 amide bonds. The molecule has 3 aromatic rings. The number of hydrogen-bond acceptors (Lipinski definition) is 5. The SMILES string of the molecule is CNC(=O)Nc1cc(-c2cccc(NC(=O)c3ccc(N(C)C)nc3)c2C)cn(C)c1=O. The first-order valence-electron chi connectivity index (χ1n) is 9.95. The molecule has 0 bridgehead atoms. The molecule has 1 aromatic carbocycles. The number of rotatable bonds is 5. The topological polar surface area (TPSA) is 108 Å². The van der Waals surface area contributed by atoms with Gasteiger partial charge >= 0.3 is 6.03 Å². The molecule has 0 fully saturated rings. The van der Waals surface area contributed by atoms with Crippen LogP contribution in [0.3, 0.4) is 0 Å². The van der Waals surface area contributed by atoms with Gasteiger partial charge in [0, 0.05) is 51.8 Å². The van der Waals surface area contributed by atoms with Crippen LogP contribution < -0.4 is 26.4 Å². The molecule has 166 valence electrons. The van der Waals surface area contributed by atoms with Crippen molar-refractivity contribution in [1.82, 2.24) is 14.9 Å². The molecule has 0 unspecified atom stereocenters. The van der Waals surface area contributed by atoms with Crippen LogP contribution in [-0.4, -0.2) is 42.6 Å². The molecule has 0 radical (unpaired) electrons. The van der Waals surface area contributed by atoms with E-state index in [9.17, 15) is 14.4 Å². The second-order valence-corrected chi connectivity index (χ2v) is 7.49. The van der Waals surface area contributed by atoms with E-state index in [1.807, 2.05) is 44.1 Å². The fraction of sp³-hybridized carbons (Fsp3) is 0.217. The van der Waals surface area contributed by atoms with Gasteiger partial charge in [0.25, 0.3) is 11.5 Å². The van der Waals surface area contributed by atoms with Crippen LogP contribution in [-0.2, 0) is 7.05 Å². The molecule has 9 heteroatoms. The van der Waals surface area contributed by atoms with Crippen molar-refractivity contribution >= 4 is 29.1 Å². The minimum Gasteiger partial charge on any atom is -0.363 e. The van der Waals surface area contributed by atoms with Gasteiger partial charge in [-0.25, -0.2) is 9.78 Å². The highest BCUT2D eigenvalue weighted by molar-refractivity contribution is 6.05. The molecule has 9 nitrogen and oxygen atoms in total. The van der Waals surface area contributed by atoms with Crippen molar-refractivity contribution in [2.45, 2.75) is 6.92 Å². The molecule has 0 aliphatic carbocycles. The smallest absolute Gasteiger partial charge is 0.319 e. The van der Waals surface area contributed by atoms with E-state index in [1.54, 1.807) is 31.4 Å². The van der Waals surface area contributed by atoms with Crippen molar-refractivity contribution in [3.05, 3.63) is 70.3 Å². The van der Waals surface area contributed by atoms with Gasteiger partial charge in [-0.05, 0) is 42.3 Å². The lowest BCUT2D eigenvalue weighted by atomic mass is 10.00. The van der Waals surface area contributed by atoms with Crippen LogP contribution in [0.15, 0.2) is 53.6 Å². The maximum Gasteiger partial charge on any atom is 0.319 e. The fourth-order valence-electron chi connectivity index (χ4n) is 3.20. The monoisotopic (exact) mass is 434 g/mol. The summed E-state index contributed by atoms with van der Waals surface area (Å²) in [6, 6.07) is 10.2. The van der Waals surface area contributed by atoms with Gasteiger partial charge in [0.15, 0.2) is 0 Å². The van der Waals surface area contributed by atoms with Crippen LogP contribution in [0.2, 0.25) is 0 Å². The summed E-state index contributed by atoms with van der Waals surface area (Å²) >= 11 is 0. The molecule has 2 aromatic heterocycles. The molecule has 0 saturated carbocycles. The van der Waals surface area contributed by atoms with Crippen LogP contribution in [0, 0.1) is 6.92 Å². The van der Waals surface area contributed by atoms with Crippen LogP contribution in [0.4, 0.5) is 22.0 Å². The number of nitrogens with zero attached hydrogens (tertiary/aromatic N) is 3. The summed E-state index contributed by atoms with van der Waals surface area (Å²) in [6.07, 6.45) is 3.22. The van der Waals surface area contributed by atoms with Gasteiger partial charge in [-0.1, -0.05) is 12.1 Å². The van der Waals surface area contributed by atoms with E-state index < -0.39 is 6.03 Å². The molecular formula is C23H26N6O3. The Bertz CT molecular complexity index is 1220. The second-order valence-electron chi connectivity index (χ2n) is 7.49. The summed E-state index contributed by atoms with van der Waals surface area (Å²) in [6.45, 7) is 1.88. The number of benzene rings is 1. The maximum absolute atomic E-state index is 12.7.